The van der Waals surface area contributed by atoms with Crippen LogP contribution in [0.15, 0.2) is 66.8 Å². The van der Waals surface area contributed by atoms with Crippen molar-refractivity contribution in [2.75, 3.05) is 12.3 Å². The van der Waals surface area contributed by atoms with Crippen molar-refractivity contribution in [3.05, 3.63) is 72.3 Å². The molecular weight excluding hydrogens is 258 g/mol. The Bertz CT molecular complexity index is 746. The van der Waals surface area contributed by atoms with Gasteiger partial charge in [-0.2, -0.15) is 0 Å². The normalized spacial score (nSPS) is 22.3. The van der Waals surface area contributed by atoms with E-state index in [9.17, 15) is 0 Å². The van der Waals surface area contributed by atoms with E-state index in [2.05, 4.69) is 42.5 Å². The van der Waals surface area contributed by atoms with Gasteiger partial charge in [-0.15, -0.1) is 0 Å². The number of rotatable bonds is 1. The van der Waals surface area contributed by atoms with Crippen molar-refractivity contribution in [1.82, 2.24) is 0 Å². The Labute approximate surface area is 124 Å². The summed E-state index contributed by atoms with van der Waals surface area (Å²) in [5.74, 6) is 0.923. The highest BCUT2D eigenvalue weighted by atomic mass is 16.5. The lowest BCUT2D eigenvalue weighted by Crippen LogP contribution is -2.25. The van der Waals surface area contributed by atoms with Gasteiger partial charge in [0.2, 0.25) is 0 Å². The van der Waals surface area contributed by atoms with E-state index in [4.69, 9.17) is 10.5 Å². The lowest BCUT2D eigenvalue weighted by molar-refractivity contribution is 0.296. The molecule has 21 heavy (non-hydrogen) atoms. The molecule has 1 unspecified atom stereocenters. The van der Waals surface area contributed by atoms with E-state index < -0.39 is 0 Å². The lowest BCUT2D eigenvalue weighted by Gasteiger charge is -2.25. The summed E-state index contributed by atoms with van der Waals surface area (Å²) in [6.07, 6.45) is 9.65. The molecule has 0 saturated carbocycles. The molecule has 4 rings (SSSR count). The molecule has 0 radical (unpaired) electrons. The average Bonchev–Trinajstić information content (AvgIpc) is 2.86. The number of hydrogen-bond donors (Lipinski definition) is 1. The highest BCUT2D eigenvalue weighted by Crippen LogP contribution is 2.47. The molecule has 2 aromatic rings. The summed E-state index contributed by atoms with van der Waals surface area (Å²) in [6, 6.07) is 14.5. The zero-order valence-corrected chi connectivity index (χ0v) is 11.8. The summed E-state index contributed by atoms with van der Waals surface area (Å²) in [5.41, 5.74) is 10.5. The van der Waals surface area contributed by atoms with Gasteiger partial charge in [0.1, 0.15) is 12.4 Å². The summed E-state index contributed by atoms with van der Waals surface area (Å²) >= 11 is 0. The Kier molecular flexibility index (Phi) is 2.64. The van der Waals surface area contributed by atoms with Crippen molar-refractivity contribution in [1.29, 1.82) is 0 Å². The Morgan fingerprint density at radius 2 is 1.90 bits per heavy atom. The SMILES string of the molecule is Nc1cc2c(cc1-c1ccccc1)C1(C=CC=CC1)CO2. The quantitative estimate of drug-likeness (QED) is 0.796. The fourth-order valence-electron chi connectivity index (χ4n) is 3.23. The summed E-state index contributed by atoms with van der Waals surface area (Å²) in [4.78, 5) is 0. The second-order valence-electron chi connectivity index (χ2n) is 5.74. The Morgan fingerprint density at radius 3 is 2.67 bits per heavy atom. The molecule has 1 aliphatic heterocycles. The molecule has 2 N–H and O–H groups in total. The third-order valence-electron chi connectivity index (χ3n) is 4.40. The Morgan fingerprint density at radius 1 is 1.05 bits per heavy atom. The van der Waals surface area contributed by atoms with Crippen LogP contribution in [0.1, 0.15) is 12.0 Å². The number of anilines is 1. The standard InChI is InChI=1S/C19H17NO/c20-17-12-18-16(11-15(17)14-7-3-1-4-8-14)19(13-21-18)9-5-2-6-10-19/h1-9,11-12H,10,13,20H2. The van der Waals surface area contributed by atoms with E-state index in [1.165, 1.54) is 5.56 Å². The first-order valence-corrected chi connectivity index (χ1v) is 7.25. The molecule has 1 aliphatic carbocycles. The summed E-state index contributed by atoms with van der Waals surface area (Å²) in [7, 11) is 0. The van der Waals surface area contributed by atoms with Gasteiger partial charge in [-0.3, -0.25) is 0 Å². The number of nitrogens with two attached hydrogens (primary N) is 1. The second kappa shape index (κ2) is 4.52. The Balaban J connectivity index is 1.88. The van der Waals surface area contributed by atoms with Crippen LogP contribution in [0, 0.1) is 0 Å². The highest BCUT2D eigenvalue weighted by molar-refractivity contribution is 5.79. The maximum absolute atomic E-state index is 6.23. The third-order valence-corrected chi connectivity index (χ3v) is 4.40. The first-order valence-electron chi connectivity index (χ1n) is 7.25. The molecule has 0 amide bonds. The molecule has 2 aromatic carbocycles. The molecule has 0 aromatic heterocycles. The number of benzene rings is 2. The predicted octanol–water partition coefficient (Wildman–Crippen LogP) is 4.08. The summed E-state index contributed by atoms with van der Waals surface area (Å²) in [6.45, 7) is 0.695. The molecule has 0 fully saturated rings. The fourth-order valence-corrected chi connectivity index (χ4v) is 3.23. The highest BCUT2D eigenvalue weighted by Gasteiger charge is 2.39. The van der Waals surface area contributed by atoms with Crippen LogP contribution in [0.2, 0.25) is 0 Å². The van der Waals surface area contributed by atoms with Crippen molar-refractivity contribution in [2.45, 2.75) is 11.8 Å². The van der Waals surface area contributed by atoms with Crippen LogP contribution in [0.25, 0.3) is 11.1 Å². The predicted molar refractivity (Wildman–Crippen MR) is 86.4 cm³/mol. The monoisotopic (exact) mass is 275 g/mol. The van der Waals surface area contributed by atoms with E-state index in [1.807, 2.05) is 24.3 Å². The molecular formula is C19H17NO. The third kappa shape index (κ3) is 1.87. The van der Waals surface area contributed by atoms with Gasteiger partial charge in [0.05, 0.1) is 5.41 Å². The minimum atomic E-state index is -0.0265. The van der Waals surface area contributed by atoms with E-state index in [0.29, 0.717) is 6.61 Å². The molecule has 1 spiro atoms. The fraction of sp³-hybridized carbons (Fsp3) is 0.158. The van der Waals surface area contributed by atoms with E-state index in [-0.39, 0.29) is 5.41 Å². The van der Waals surface area contributed by atoms with E-state index in [0.717, 1.165) is 29.0 Å². The van der Waals surface area contributed by atoms with Gasteiger partial charge in [0.25, 0.3) is 0 Å². The van der Waals surface area contributed by atoms with Crippen molar-refractivity contribution in [3.8, 4) is 16.9 Å². The number of fused-ring (bicyclic) bond motifs is 2. The van der Waals surface area contributed by atoms with Gasteiger partial charge in [0.15, 0.2) is 0 Å². The number of allylic oxidation sites excluding steroid dienone is 3. The first-order chi connectivity index (χ1) is 10.3. The zero-order chi connectivity index (χ0) is 14.3. The largest absolute Gasteiger partial charge is 0.492 e. The molecule has 1 heterocycles. The smallest absolute Gasteiger partial charge is 0.125 e. The maximum Gasteiger partial charge on any atom is 0.125 e. The van der Waals surface area contributed by atoms with Gasteiger partial charge in [-0.1, -0.05) is 54.6 Å². The van der Waals surface area contributed by atoms with Crippen LogP contribution < -0.4 is 10.5 Å². The van der Waals surface area contributed by atoms with Crippen LogP contribution >= 0.6 is 0 Å². The van der Waals surface area contributed by atoms with Crippen molar-refractivity contribution < 1.29 is 4.74 Å². The van der Waals surface area contributed by atoms with Crippen molar-refractivity contribution in [2.24, 2.45) is 0 Å². The molecule has 2 heteroatoms. The molecule has 0 saturated heterocycles. The van der Waals surface area contributed by atoms with Gasteiger partial charge >= 0.3 is 0 Å². The van der Waals surface area contributed by atoms with Crippen molar-refractivity contribution >= 4 is 5.69 Å². The van der Waals surface area contributed by atoms with Crippen LogP contribution in [-0.4, -0.2) is 6.61 Å². The van der Waals surface area contributed by atoms with Crippen LogP contribution in [0.3, 0.4) is 0 Å². The molecule has 2 nitrogen and oxygen atoms in total. The average molecular weight is 275 g/mol. The van der Waals surface area contributed by atoms with E-state index >= 15 is 0 Å². The molecule has 2 aliphatic rings. The minimum absolute atomic E-state index is 0.0265. The molecule has 1 atom stereocenters. The van der Waals surface area contributed by atoms with Crippen LogP contribution in [0.5, 0.6) is 5.75 Å². The van der Waals surface area contributed by atoms with Gasteiger partial charge in [-0.25, -0.2) is 0 Å². The molecule has 0 bridgehead atoms. The topological polar surface area (TPSA) is 35.2 Å². The first kappa shape index (κ1) is 12.3. The second-order valence-corrected chi connectivity index (χ2v) is 5.74. The van der Waals surface area contributed by atoms with Gasteiger partial charge in [0, 0.05) is 22.9 Å². The zero-order valence-electron chi connectivity index (χ0n) is 11.8. The lowest BCUT2D eigenvalue weighted by atomic mass is 9.76. The summed E-state index contributed by atoms with van der Waals surface area (Å²) < 4.78 is 5.90. The van der Waals surface area contributed by atoms with E-state index in [1.54, 1.807) is 0 Å². The number of ether oxygens (including phenoxy) is 1. The van der Waals surface area contributed by atoms with Crippen LogP contribution in [-0.2, 0) is 5.41 Å². The Hall–Kier alpha value is -2.48. The number of hydrogen-bond acceptors (Lipinski definition) is 2. The number of nitrogen functional groups attached to an aromatic ring is 1. The molecule has 104 valence electrons. The van der Waals surface area contributed by atoms with Crippen LogP contribution in [0.4, 0.5) is 5.69 Å². The summed E-state index contributed by atoms with van der Waals surface area (Å²) in [5, 5.41) is 0. The van der Waals surface area contributed by atoms with Gasteiger partial charge < -0.3 is 10.5 Å². The van der Waals surface area contributed by atoms with Gasteiger partial charge in [-0.05, 0) is 18.1 Å². The van der Waals surface area contributed by atoms with Crippen molar-refractivity contribution in [3.63, 3.8) is 0 Å². The maximum atomic E-state index is 6.23. The minimum Gasteiger partial charge on any atom is -0.492 e.